The Morgan fingerprint density at radius 1 is 1.67 bits per heavy atom. The van der Waals surface area contributed by atoms with Crippen LogP contribution in [0.5, 0.6) is 0 Å². The van der Waals surface area contributed by atoms with Crippen LogP contribution < -0.4 is 0 Å². The van der Waals surface area contributed by atoms with Crippen molar-refractivity contribution in [1.82, 2.24) is 14.7 Å². The molecule has 2 rings (SSSR count). The van der Waals surface area contributed by atoms with Gasteiger partial charge in [0.25, 0.3) is 0 Å². The van der Waals surface area contributed by atoms with Crippen molar-refractivity contribution in [1.29, 1.82) is 0 Å². The fraction of sp³-hybridized carbons (Fsp3) is 0.692. The zero-order valence-electron chi connectivity index (χ0n) is 11.0. The summed E-state index contributed by atoms with van der Waals surface area (Å²) in [6.07, 6.45) is 6.73. The Hall–Kier alpha value is -1.36. The van der Waals surface area contributed by atoms with Crippen LogP contribution in [-0.4, -0.2) is 45.4 Å². The fourth-order valence-electron chi connectivity index (χ4n) is 2.06. The van der Waals surface area contributed by atoms with Crippen LogP contribution in [0.25, 0.3) is 0 Å². The first-order valence-electron chi connectivity index (χ1n) is 6.46. The average Bonchev–Trinajstić information content (AvgIpc) is 3.10. The quantitative estimate of drug-likeness (QED) is 0.804. The molecule has 18 heavy (non-hydrogen) atoms. The zero-order chi connectivity index (χ0) is 13.1. The van der Waals surface area contributed by atoms with E-state index >= 15 is 0 Å². The minimum Gasteiger partial charge on any atom is -0.391 e. The molecule has 1 aromatic heterocycles. The number of nitrogens with zero attached hydrogens (tertiary/aromatic N) is 3. The molecule has 0 aliphatic heterocycles. The smallest absolute Gasteiger partial charge is 0.222 e. The molecule has 5 heteroatoms. The van der Waals surface area contributed by atoms with Crippen molar-refractivity contribution >= 4 is 5.91 Å². The van der Waals surface area contributed by atoms with Crippen LogP contribution in [0.4, 0.5) is 0 Å². The van der Waals surface area contributed by atoms with Crippen molar-refractivity contribution < 1.29 is 9.90 Å². The summed E-state index contributed by atoms with van der Waals surface area (Å²) in [4.78, 5) is 13.5. The SMILES string of the molecule is CN(CC(O)C1CC1)C(=O)CCc1cnn(C)c1. The molecule has 1 saturated carbocycles. The van der Waals surface area contributed by atoms with Crippen LogP contribution in [0.3, 0.4) is 0 Å². The largest absolute Gasteiger partial charge is 0.391 e. The van der Waals surface area contributed by atoms with E-state index in [0.29, 0.717) is 25.3 Å². The Morgan fingerprint density at radius 2 is 2.39 bits per heavy atom. The third-order valence-corrected chi connectivity index (χ3v) is 3.44. The van der Waals surface area contributed by atoms with E-state index in [1.165, 1.54) is 0 Å². The fourth-order valence-corrected chi connectivity index (χ4v) is 2.06. The van der Waals surface area contributed by atoms with Gasteiger partial charge in [-0.15, -0.1) is 0 Å². The maximum atomic E-state index is 11.9. The number of carbonyl (C=O) groups excluding carboxylic acids is 1. The first-order chi connectivity index (χ1) is 8.56. The van der Waals surface area contributed by atoms with Gasteiger partial charge in [-0.25, -0.2) is 0 Å². The van der Waals surface area contributed by atoms with E-state index in [1.807, 2.05) is 13.2 Å². The third kappa shape index (κ3) is 3.57. The molecule has 1 amide bonds. The summed E-state index contributed by atoms with van der Waals surface area (Å²) in [5.74, 6) is 0.497. The van der Waals surface area contributed by atoms with Crippen LogP contribution in [0.15, 0.2) is 12.4 Å². The van der Waals surface area contributed by atoms with Gasteiger partial charge in [-0.3, -0.25) is 9.48 Å². The normalized spacial score (nSPS) is 16.6. The third-order valence-electron chi connectivity index (χ3n) is 3.44. The summed E-state index contributed by atoms with van der Waals surface area (Å²) in [5, 5.41) is 13.9. The van der Waals surface area contributed by atoms with Crippen molar-refractivity contribution in [3.63, 3.8) is 0 Å². The molecule has 0 radical (unpaired) electrons. The van der Waals surface area contributed by atoms with E-state index in [-0.39, 0.29) is 12.0 Å². The highest BCUT2D eigenvalue weighted by atomic mass is 16.3. The van der Waals surface area contributed by atoms with Gasteiger partial charge in [-0.05, 0) is 30.7 Å². The van der Waals surface area contributed by atoms with Crippen LogP contribution >= 0.6 is 0 Å². The number of rotatable bonds is 6. The lowest BCUT2D eigenvalue weighted by Gasteiger charge is -2.20. The number of aliphatic hydroxyl groups excluding tert-OH is 1. The number of hydrogen-bond acceptors (Lipinski definition) is 3. The molecule has 0 spiro atoms. The number of likely N-dealkylation sites (N-methyl/N-ethyl adjacent to an activating group) is 1. The van der Waals surface area contributed by atoms with E-state index in [1.54, 1.807) is 22.8 Å². The Bertz CT molecular complexity index is 412. The lowest BCUT2D eigenvalue weighted by atomic mass is 10.1. The molecule has 5 nitrogen and oxygen atoms in total. The maximum absolute atomic E-state index is 11.9. The molecule has 1 aliphatic rings. The molecule has 0 aromatic carbocycles. The summed E-state index contributed by atoms with van der Waals surface area (Å²) >= 11 is 0. The molecule has 0 saturated heterocycles. The van der Waals surface area contributed by atoms with Crippen molar-refractivity contribution in [2.45, 2.75) is 31.8 Å². The monoisotopic (exact) mass is 251 g/mol. The van der Waals surface area contributed by atoms with Gasteiger partial charge in [-0.2, -0.15) is 5.10 Å². The van der Waals surface area contributed by atoms with Crippen LogP contribution in [0, 0.1) is 5.92 Å². The molecule has 100 valence electrons. The zero-order valence-corrected chi connectivity index (χ0v) is 11.0. The minimum absolute atomic E-state index is 0.0820. The molecule has 1 heterocycles. The summed E-state index contributed by atoms with van der Waals surface area (Å²) < 4.78 is 1.74. The van der Waals surface area contributed by atoms with E-state index in [2.05, 4.69) is 5.10 Å². The number of carbonyl (C=O) groups is 1. The highest BCUT2D eigenvalue weighted by Crippen LogP contribution is 2.32. The number of aromatic nitrogens is 2. The molecule has 1 N–H and O–H groups in total. The highest BCUT2D eigenvalue weighted by molar-refractivity contribution is 5.76. The first-order valence-corrected chi connectivity index (χ1v) is 6.46. The van der Waals surface area contributed by atoms with Gasteiger partial charge in [0.15, 0.2) is 0 Å². The van der Waals surface area contributed by atoms with Crippen LogP contribution in [-0.2, 0) is 18.3 Å². The first kappa shape index (κ1) is 13.1. The molecule has 1 fully saturated rings. The molecule has 0 bridgehead atoms. The van der Waals surface area contributed by atoms with Gasteiger partial charge in [-0.1, -0.05) is 0 Å². The molecule has 1 atom stereocenters. The number of aryl methyl sites for hydroxylation is 2. The topological polar surface area (TPSA) is 58.4 Å². The van der Waals surface area contributed by atoms with Crippen LogP contribution in [0.2, 0.25) is 0 Å². The van der Waals surface area contributed by atoms with Gasteiger partial charge in [0.05, 0.1) is 12.3 Å². The van der Waals surface area contributed by atoms with Gasteiger partial charge in [0, 0.05) is 33.3 Å². The molecule has 1 aliphatic carbocycles. The lowest BCUT2D eigenvalue weighted by Crippen LogP contribution is -2.35. The van der Waals surface area contributed by atoms with Crippen molar-refractivity contribution in [2.24, 2.45) is 13.0 Å². The van der Waals surface area contributed by atoms with Gasteiger partial charge in [0.2, 0.25) is 5.91 Å². The second kappa shape index (κ2) is 5.52. The van der Waals surface area contributed by atoms with E-state index in [9.17, 15) is 9.90 Å². The van der Waals surface area contributed by atoms with E-state index in [4.69, 9.17) is 0 Å². The van der Waals surface area contributed by atoms with Gasteiger partial charge in [0.1, 0.15) is 0 Å². The Labute approximate surface area is 107 Å². The Morgan fingerprint density at radius 3 is 2.94 bits per heavy atom. The van der Waals surface area contributed by atoms with Crippen molar-refractivity contribution in [3.05, 3.63) is 18.0 Å². The standard InChI is InChI=1S/C13H21N3O2/c1-15(9-12(17)11-4-5-11)13(18)6-3-10-7-14-16(2)8-10/h7-8,11-12,17H,3-6,9H2,1-2H3. The Balaban J connectivity index is 1.73. The van der Waals surface area contributed by atoms with E-state index in [0.717, 1.165) is 18.4 Å². The van der Waals surface area contributed by atoms with Crippen molar-refractivity contribution in [2.75, 3.05) is 13.6 Å². The predicted molar refractivity (Wildman–Crippen MR) is 67.9 cm³/mol. The van der Waals surface area contributed by atoms with Gasteiger partial charge >= 0.3 is 0 Å². The molecule has 1 unspecified atom stereocenters. The lowest BCUT2D eigenvalue weighted by molar-refractivity contribution is -0.131. The van der Waals surface area contributed by atoms with Gasteiger partial charge < -0.3 is 10.0 Å². The summed E-state index contributed by atoms with van der Waals surface area (Å²) in [6.45, 7) is 0.455. The molecular formula is C13H21N3O2. The number of hydrogen-bond donors (Lipinski definition) is 1. The highest BCUT2D eigenvalue weighted by Gasteiger charge is 2.30. The summed E-state index contributed by atoms with van der Waals surface area (Å²) in [7, 11) is 3.63. The summed E-state index contributed by atoms with van der Waals surface area (Å²) in [5.41, 5.74) is 1.07. The molecule has 1 aromatic rings. The van der Waals surface area contributed by atoms with Crippen molar-refractivity contribution in [3.8, 4) is 0 Å². The van der Waals surface area contributed by atoms with E-state index < -0.39 is 0 Å². The second-order valence-corrected chi connectivity index (χ2v) is 5.20. The maximum Gasteiger partial charge on any atom is 0.222 e. The summed E-state index contributed by atoms with van der Waals surface area (Å²) in [6, 6.07) is 0. The minimum atomic E-state index is -0.350. The van der Waals surface area contributed by atoms with Crippen LogP contribution in [0.1, 0.15) is 24.8 Å². The Kier molecular flexibility index (Phi) is 4.01. The number of amides is 1. The molecular weight excluding hydrogens is 230 g/mol. The number of aliphatic hydroxyl groups is 1. The average molecular weight is 251 g/mol. The second-order valence-electron chi connectivity index (χ2n) is 5.20. The predicted octanol–water partition coefficient (Wildman–Crippen LogP) is 0.582.